The van der Waals surface area contributed by atoms with Crippen molar-refractivity contribution in [2.75, 3.05) is 0 Å². The highest BCUT2D eigenvalue weighted by molar-refractivity contribution is 5.31. The fourth-order valence-corrected chi connectivity index (χ4v) is 8.86. The maximum absolute atomic E-state index is 15.4. The van der Waals surface area contributed by atoms with E-state index in [1.165, 1.54) is 63.0 Å². The van der Waals surface area contributed by atoms with Gasteiger partial charge in [-0.1, -0.05) is 63.0 Å². The number of hydrogen-bond donors (Lipinski definition) is 0. The Labute approximate surface area is 275 Å². The Hall–Kier alpha value is -2.30. The largest absolute Gasteiger partial charge is 0.432 e. The number of alkyl halides is 2. The van der Waals surface area contributed by atoms with E-state index < -0.39 is 17.8 Å². The Morgan fingerprint density at radius 1 is 0.761 bits per heavy atom. The van der Waals surface area contributed by atoms with Crippen LogP contribution in [0.3, 0.4) is 0 Å². The standard InChI is InChI=1S/C41H56F4O/c1-3-5-7-9-29-11-13-32(14-12-29)35-22-26-38(40(43)27-35)33-17-15-30(16-18-33)31-19-23-36(24-20-31)41(44,45)46-37-25-21-34(39(42)28-37)10-8-6-4-2/h4,6,21-22,25-33,36H,3,5,7-20,23-24H2,1-2H3/b6-4+. The molecule has 0 spiro atoms. The smallest absolute Gasteiger partial charge is 0.400 e. The molecule has 3 aliphatic rings. The molecule has 0 bridgehead atoms. The Morgan fingerprint density at radius 3 is 2.07 bits per heavy atom. The number of unbranched alkanes of at least 4 members (excludes halogenated alkanes) is 2. The quantitative estimate of drug-likeness (QED) is 0.120. The SMILES string of the molecule is C/C=C/CCc1ccc(OC(F)(F)C2CCC(C3CCC(c4ccc(C5CCC(CCCCC)CC5)cc4F)CC3)CC2)cc1F. The summed E-state index contributed by atoms with van der Waals surface area (Å²) in [5.41, 5.74) is 2.56. The van der Waals surface area contributed by atoms with Crippen molar-refractivity contribution in [2.24, 2.45) is 23.7 Å². The molecular formula is C41H56F4O. The normalized spacial score (nSPS) is 27.6. The molecule has 0 unspecified atom stereocenters. The lowest BCUT2D eigenvalue weighted by Crippen LogP contribution is -2.38. The minimum absolute atomic E-state index is 0.0306. The van der Waals surface area contributed by atoms with E-state index in [2.05, 4.69) is 19.1 Å². The zero-order chi connectivity index (χ0) is 32.5. The van der Waals surface area contributed by atoms with Crippen LogP contribution in [-0.2, 0) is 6.42 Å². The highest BCUT2D eigenvalue weighted by Gasteiger charge is 2.45. The molecule has 3 fully saturated rings. The van der Waals surface area contributed by atoms with Crippen molar-refractivity contribution in [2.45, 2.75) is 147 Å². The number of benzene rings is 2. The highest BCUT2D eigenvalue weighted by atomic mass is 19.3. The van der Waals surface area contributed by atoms with Crippen LogP contribution in [0.25, 0.3) is 0 Å². The second-order valence-electron chi connectivity index (χ2n) is 14.7. The molecule has 0 radical (unpaired) electrons. The zero-order valence-corrected chi connectivity index (χ0v) is 28.2. The van der Waals surface area contributed by atoms with E-state index in [9.17, 15) is 4.39 Å². The van der Waals surface area contributed by atoms with Gasteiger partial charge in [0.15, 0.2) is 0 Å². The molecule has 254 valence electrons. The third kappa shape index (κ3) is 9.19. The lowest BCUT2D eigenvalue weighted by atomic mass is 9.68. The van der Waals surface area contributed by atoms with Crippen LogP contribution in [0.2, 0.25) is 0 Å². The van der Waals surface area contributed by atoms with E-state index in [0.717, 1.165) is 56.1 Å². The topological polar surface area (TPSA) is 9.23 Å². The van der Waals surface area contributed by atoms with Crippen molar-refractivity contribution in [1.29, 1.82) is 0 Å². The molecule has 0 heterocycles. The van der Waals surface area contributed by atoms with Crippen LogP contribution in [0.1, 0.15) is 152 Å². The average Bonchev–Trinajstić information content (AvgIpc) is 3.06. The lowest BCUT2D eigenvalue weighted by Gasteiger charge is -2.39. The second-order valence-corrected chi connectivity index (χ2v) is 14.7. The Morgan fingerprint density at radius 2 is 1.43 bits per heavy atom. The molecule has 0 saturated heterocycles. The van der Waals surface area contributed by atoms with E-state index in [1.807, 2.05) is 25.1 Å². The van der Waals surface area contributed by atoms with Gasteiger partial charge in [-0.15, -0.1) is 0 Å². The van der Waals surface area contributed by atoms with Crippen LogP contribution in [0, 0.1) is 35.3 Å². The fourth-order valence-electron chi connectivity index (χ4n) is 8.86. The van der Waals surface area contributed by atoms with Gasteiger partial charge in [0.25, 0.3) is 0 Å². The third-order valence-electron chi connectivity index (χ3n) is 11.8. The van der Waals surface area contributed by atoms with Crippen LogP contribution >= 0.6 is 0 Å². The summed E-state index contributed by atoms with van der Waals surface area (Å²) in [5.74, 6) is 1.06. The predicted octanol–water partition coefficient (Wildman–Crippen LogP) is 13.1. The summed E-state index contributed by atoms with van der Waals surface area (Å²) < 4.78 is 65.3. The molecular weight excluding hydrogens is 584 g/mol. The molecule has 3 aliphatic carbocycles. The van der Waals surface area contributed by atoms with Crippen molar-refractivity contribution < 1.29 is 22.3 Å². The van der Waals surface area contributed by atoms with E-state index >= 15 is 13.2 Å². The number of ether oxygens (including phenoxy) is 1. The number of hydrogen-bond acceptors (Lipinski definition) is 1. The van der Waals surface area contributed by atoms with Gasteiger partial charge < -0.3 is 4.74 Å². The second kappa shape index (κ2) is 16.7. The van der Waals surface area contributed by atoms with Gasteiger partial charge in [0.05, 0.1) is 5.92 Å². The van der Waals surface area contributed by atoms with E-state index in [-0.39, 0.29) is 17.5 Å². The van der Waals surface area contributed by atoms with E-state index in [0.29, 0.717) is 49.0 Å². The maximum Gasteiger partial charge on any atom is 0.400 e. The summed E-state index contributed by atoms with van der Waals surface area (Å²) in [4.78, 5) is 0. The number of rotatable bonds is 13. The van der Waals surface area contributed by atoms with Crippen LogP contribution in [0.5, 0.6) is 5.75 Å². The molecule has 0 amide bonds. The average molecular weight is 641 g/mol. The summed E-state index contributed by atoms with van der Waals surface area (Å²) in [5, 5.41) is 0. The highest BCUT2D eigenvalue weighted by Crippen LogP contribution is 2.47. The van der Waals surface area contributed by atoms with Crippen molar-refractivity contribution in [1.82, 2.24) is 0 Å². The number of halogens is 4. The van der Waals surface area contributed by atoms with Crippen molar-refractivity contribution in [3.8, 4) is 5.75 Å². The minimum atomic E-state index is -3.32. The van der Waals surface area contributed by atoms with Gasteiger partial charge in [-0.3, -0.25) is 0 Å². The summed E-state index contributed by atoms with van der Waals surface area (Å²) >= 11 is 0. The van der Waals surface area contributed by atoms with Crippen molar-refractivity contribution in [3.05, 3.63) is 76.9 Å². The van der Waals surface area contributed by atoms with Gasteiger partial charge in [-0.25, -0.2) is 8.78 Å². The molecule has 3 saturated carbocycles. The van der Waals surface area contributed by atoms with E-state index in [1.54, 1.807) is 6.07 Å². The summed E-state index contributed by atoms with van der Waals surface area (Å²) in [7, 11) is 0. The molecule has 5 heteroatoms. The van der Waals surface area contributed by atoms with E-state index in [4.69, 9.17) is 4.74 Å². The first kappa shape index (κ1) is 35.0. The molecule has 5 rings (SSSR count). The molecule has 2 aromatic carbocycles. The van der Waals surface area contributed by atoms with Gasteiger partial charge >= 0.3 is 6.11 Å². The van der Waals surface area contributed by atoms with Gasteiger partial charge in [0.1, 0.15) is 17.4 Å². The van der Waals surface area contributed by atoms with Crippen LogP contribution < -0.4 is 4.74 Å². The molecule has 0 aromatic heterocycles. The first-order chi connectivity index (χ1) is 22.3. The van der Waals surface area contributed by atoms with Gasteiger partial charge in [0, 0.05) is 6.07 Å². The Kier molecular flexibility index (Phi) is 12.7. The summed E-state index contributed by atoms with van der Waals surface area (Å²) in [6, 6.07) is 10.2. The zero-order valence-electron chi connectivity index (χ0n) is 28.2. The van der Waals surface area contributed by atoms with Gasteiger partial charge in [-0.05, 0) is 155 Å². The predicted molar refractivity (Wildman–Crippen MR) is 180 cm³/mol. The molecule has 2 aromatic rings. The number of allylic oxidation sites excluding steroid dienone is 2. The Balaban J connectivity index is 1.06. The monoisotopic (exact) mass is 640 g/mol. The molecule has 1 nitrogen and oxygen atoms in total. The minimum Gasteiger partial charge on any atom is -0.432 e. The van der Waals surface area contributed by atoms with Crippen molar-refractivity contribution in [3.63, 3.8) is 0 Å². The summed E-state index contributed by atoms with van der Waals surface area (Å²) in [6.07, 6.45) is 18.4. The lowest BCUT2D eigenvalue weighted by molar-refractivity contribution is -0.224. The molecule has 0 aliphatic heterocycles. The van der Waals surface area contributed by atoms with Crippen LogP contribution in [-0.4, -0.2) is 6.11 Å². The first-order valence-corrected chi connectivity index (χ1v) is 18.5. The molecule has 0 atom stereocenters. The summed E-state index contributed by atoms with van der Waals surface area (Å²) in [6.45, 7) is 4.17. The van der Waals surface area contributed by atoms with Crippen molar-refractivity contribution >= 4 is 0 Å². The fraction of sp³-hybridized carbons (Fsp3) is 0.659. The van der Waals surface area contributed by atoms with Gasteiger partial charge in [-0.2, -0.15) is 8.78 Å². The third-order valence-corrected chi connectivity index (χ3v) is 11.8. The maximum atomic E-state index is 15.4. The molecule has 0 N–H and O–H groups in total. The Bertz CT molecular complexity index is 1250. The number of aryl methyl sites for hydroxylation is 1. The van der Waals surface area contributed by atoms with Crippen LogP contribution in [0.15, 0.2) is 48.6 Å². The first-order valence-electron chi connectivity index (χ1n) is 18.5. The van der Waals surface area contributed by atoms with Crippen LogP contribution in [0.4, 0.5) is 17.6 Å². The van der Waals surface area contributed by atoms with Gasteiger partial charge in [0.2, 0.25) is 0 Å². The molecule has 46 heavy (non-hydrogen) atoms.